The minimum Gasteiger partial charge on any atom is -0.351 e. The summed E-state index contributed by atoms with van der Waals surface area (Å²) in [5, 5.41) is 2.62. The summed E-state index contributed by atoms with van der Waals surface area (Å²) in [5.74, 6) is -0.501. The van der Waals surface area contributed by atoms with Crippen molar-refractivity contribution in [2.45, 2.75) is 20.3 Å². The van der Waals surface area contributed by atoms with Gasteiger partial charge in [-0.15, -0.1) is 0 Å². The summed E-state index contributed by atoms with van der Waals surface area (Å²) in [5.41, 5.74) is 0. The summed E-state index contributed by atoms with van der Waals surface area (Å²) in [6.07, 6.45) is 3.30. The highest BCUT2D eigenvalue weighted by Gasteiger charge is 2.13. The maximum Gasteiger partial charge on any atom is 0.246 e. The number of carbonyl (C=O) groups excluding carboxylic acids is 3. The van der Waals surface area contributed by atoms with Gasteiger partial charge < -0.3 is 15.1 Å². The Morgan fingerprint density at radius 1 is 1.00 bits per heavy atom. The molecule has 0 bridgehead atoms. The lowest BCUT2D eigenvalue weighted by atomic mass is 10.3. The van der Waals surface area contributed by atoms with Crippen LogP contribution in [0.2, 0.25) is 0 Å². The van der Waals surface area contributed by atoms with E-state index in [2.05, 4.69) is 18.5 Å². The first kappa shape index (κ1) is 18.9. The molecule has 3 amide bonds. The second-order valence-corrected chi connectivity index (χ2v) is 4.53. The molecule has 0 spiro atoms. The first-order valence-electron chi connectivity index (χ1n) is 7.03. The molecule has 6 nitrogen and oxygen atoms in total. The van der Waals surface area contributed by atoms with E-state index < -0.39 is 0 Å². The largest absolute Gasteiger partial charge is 0.351 e. The molecular formula is C15H25N3O3. The second kappa shape index (κ2) is 10.7. The fraction of sp³-hybridized carbons (Fsp3) is 0.533. The predicted octanol–water partition coefficient (Wildman–Crippen LogP) is 0.562. The van der Waals surface area contributed by atoms with Gasteiger partial charge in [-0.1, -0.05) is 20.1 Å². The van der Waals surface area contributed by atoms with Gasteiger partial charge in [-0.25, -0.2) is 0 Å². The van der Waals surface area contributed by atoms with Crippen LogP contribution in [0, 0.1) is 0 Å². The maximum atomic E-state index is 11.7. The Kier molecular flexibility index (Phi) is 9.58. The maximum absolute atomic E-state index is 11.7. The standard InChI is InChI=1S/C15H25N3O3/c1-5-9-18(15(21)7-3)12-11-17(13(4)19)10-8-16-14(20)6-2/h6-7H,2-3,5,8-12H2,1,4H3,(H,16,20). The van der Waals surface area contributed by atoms with Gasteiger partial charge in [0, 0.05) is 39.6 Å². The van der Waals surface area contributed by atoms with Gasteiger partial charge in [-0.3, -0.25) is 14.4 Å². The Morgan fingerprint density at radius 2 is 1.62 bits per heavy atom. The molecule has 0 atom stereocenters. The Balaban J connectivity index is 4.38. The lowest BCUT2D eigenvalue weighted by molar-refractivity contribution is -0.131. The van der Waals surface area contributed by atoms with Gasteiger partial charge in [0.15, 0.2) is 0 Å². The minimum atomic E-state index is -0.270. The first-order chi connectivity index (χ1) is 9.96. The van der Waals surface area contributed by atoms with Crippen LogP contribution in [-0.4, -0.2) is 60.2 Å². The normalized spacial score (nSPS) is 9.62. The molecule has 0 aromatic carbocycles. The number of amides is 3. The van der Waals surface area contributed by atoms with E-state index in [1.54, 1.807) is 9.80 Å². The molecule has 0 aromatic heterocycles. The fourth-order valence-electron chi connectivity index (χ4n) is 1.79. The lowest BCUT2D eigenvalue weighted by Gasteiger charge is -2.26. The number of rotatable bonds is 10. The van der Waals surface area contributed by atoms with Crippen LogP contribution < -0.4 is 5.32 Å². The van der Waals surface area contributed by atoms with E-state index in [1.165, 1.54) is 19.1 Å². The van der Waals surface area contributed by atoms with Crippen molar-refractivity contribution in [1.29, 1.82) is 0 Å². The van der Waals surface area contributed by atoms with Crippen LogP contribution in [0.3, 0.4) is 0 Å². The summed E-state index contributed by atoms with van der Waals surface area (Å²) in [6.45, 7) is 12.5. The van der Waals surface area contributed by atoms with Gasteiger partial charge in [0.1, 0.15) is 0 Å². The van der Waals surface area contributed by atoms with E-state index in [0.717, 1.165) is 6.42 Å². The van der Waals surface area contributed by atoms with Crippen LogP contribution in [0.15, 0.2) is 25.3 Å². The van der Waals surface area contributed by atoms with Crippen LogP contribution >= 0.6 is 0 Å². The smallest absolute Gasteiger partial charge is 0.246 e. The molecule has 0 saturated heterocycles. The fourth-order valence-corrected chi connectivity index (χ4v) is 1.79. The summed E-state index contributed by atoms with van der Waals surface area (Å²) in [7, 11) is 0. The van der Waals surface area contributed by atoms with E-state index in [0.29, 0.717) is 32.7 Å². The Morgan fingerprint density at radius 3 is 2.10 bits per heavy atom. The van der Waals surface area contributed by atoms with Crippen molar-refractivity contribution in [2.24, 2.45) is 0 Å². The van der Waals surface area contributed by atoms with Crippen molar-refractivity contribution in [3.8, 4) is 0 Å². The average molecular weight is 295 g/mol. The zero-order valence-corrected chi connectivity index (χ0v) is 12.9. The van der Waals surface area contributed by atoms with E-state index in [4.69, 9.17) is 0 Å². The molecular weight excluding hydrogens is 270 g/mol. The first-order valence-corrected chi connectivity index (χ1v) is 7.03. The third kappa shape index (κ3) is 7.91. The molecule has 6 heteroatoms. The monoisotopic (exact) mass is 295 g/mol. The highest BCUT2D eigenvalue weighted by atomic mass is 16.2. The molecule has 0 aliphatic rings. The van der Waals surface area contributed by atoms with Crippen LogP contribution in [0.5, 0.6) is 0 Å². The molecule has 118 valence electrons. The molecule has 0 unspecified atom stereocenters. The van der Waals surface area contributed by atoms with Gasteiger partial charge in [0.05, 0.1) is 0 Å². The van der Waals surface area contributed by atoms with Crippen LogP contribution in [0.25, 0.3) is 0 Å². The average Bonchev–Trinajstić information content (AvgIpc) is 2.47. The van der Waals surface area contributed by atoms with Gasteiger partial charge in [0.2, 0.25) is 17.7 Å². The third-order valence-electron chi connectivity index (χ3n) is 2.93. The summed E-state index contributed by atoms with van der Waals surface area (Å²) >= 11 is 0. The van der Waals surface area contributed by atoms with Crippen molar-refractivity contribution < 1.29 is 14.4 Å². The highest BCUT2D eigenvalue weighted by Crippen LogP contribution is 1.97. The molecule has 0 aliphatic heterocycles. The molecule has 0 heterocycles. The number of hydrogen-bond acceptors (Lipinski definition) is 3. The van der Waals surface area contributed by atoms with Crippen molar-refractivity contribution in [3.63, 3.8) is 0 Å². The topological polar surface area (TPSA) is 69.7 Å². The van der Waals surface area contributed by atoms with Crippen LogP contribution in [0.1, 0.15) is 20.3 Å². The van der Waals surface area contributed by atoms with Crippen molar-refractivity contribution in [1.82, 2.24) is 15.1 Å². The van der Waals surface area contributed by atoms with Crippen molar-refractivity contribution in [2.75, 3.05) is 32.7 Å². The molecule has 0 rings (SSSR count). The predicted molar refractivity (Wildman–Crippen MR) is 82.5 cm³/mol. The van der Waals surface area contributed by atoms with E-state index in [1.807, 2.05) is 6.92 Å². The molecule has 0 fully saturated rings. The molecule has 0 saturated carbocycles. The second-order valence-electron chi connectivity index (χ2n) is 4.53. The summed E-state index contributed by atoms with van der Waals surface area (Å²) in [6, 6.07) is 0. The number of carbonyl (C=O) groups is 3. The highest BCUT2D eigenvalue weighted by molar-refractivity contribution is 5.87. The van der Waals surface area contributed by atoms with Gasteiger partial charge in [0.25, 0.3) is 0 Å². The quantitative estimate of drug-likeness (QED) is 0.599. The van der Waals surface area contributed by atoms with Gasteiger partial charge in [-0.05, 0) is 18.6 Å². The van der Waals surface area contributed by atoms with E-state index >= 15 is 0 Å². The number of nitrogens with one attached hydrogen (secondary N) is 1. The molecule has 1 N–H and O–H groups in total. The Hall–Kier alpha value is -2.11. The van der Waals surface area contributed by atoms with Crippen molar-refractivity contribution in [3.05, 3.63) is 25.3 Å². The number of hydrogen-bond donors (Lipinski definition) is 1. The summed E-state index contributed by atoms with van der Waals surface area (Å²) in [4.78, 5) is 37.5. The zero-order chi connectivity index (χ0) is 16.3. The molecule has 0 radical (unpaired) electrons. The van der Waals surface area contributed by atoms with Gasteiger partial charge >= 0.3 is 0 Å². The summed E-state index contributed by atoms with van der Waals surface area (Å²) < 4.78 is 0. The Labute approximate surface area is 126 Å². The molecule has 21 heavy (non-hydrogen) atoms. The minimum absolute atomic E-state index is 0.0923. The van der Waals surface area contributed by atoms with E-state index in [9.17, 15) is 14.4 Å². The van der Waals surface area contributed by atoms with Crippen LogP contribution in [0.4, 0.5) is 0 Å². The number of nitrogens with zero attached hydrogens (tertiary/aromatic N) is 2. The lowest BCUT2D eigenvalue weighted by Crippen LogP contribution is -2.43. The van der Waals surface area contributed by atoms with Crippen LogP contribution in [-0.2, 0) is 14.4 Å². The SMILES string of the molecule is C=CC(=O)NCCN(CCN(CCC)C(=O)C=C)C(C)=O. The molecule has 0 aliphatic carbocycles. The Bertz CT molecular complexity index is 394. The van der Waals surface area contributed by atoms with Crippen molar-refractivity contribution >= 4 is 17.7 Å². The van der Waals surface area contributed by atoms with Gasteiger partial charge in [-0.2, -0.15) is 0 Å². The third-order valence-corrected chi connectivity index (χ3v) is 2.93. The molecule has 0 aromatic rings. The zero-order valence-electron chi connectivity index (χ0n) is 12.9. The van der Waals surface area contributed by atoms with E-state index in [-0.39, 0.29) is 17.7 Å².